The van der Waals surface area contributed by atoms with E-state index < -0.39 is 0 Å². The summed E-state index contributed by atoms with van der Waals surface area (Å²) >= 11 is 3.15. The number of rotatable bonds is 6. The average Bonchev–Trinajstić information content (AvgIpc) is 2.90. The minimum absolute atomic E-state index is 0.123. The first-order chi connectivity index (χ1) is 10.9. The van der Waals surface area contributed by atoms with Crippen molar-refractivity contribution in [3.63, 3.8) is 0 Å². The fraction of sp³-hybridized carbons (Fsp3) is 0.471. The number of benzene rings is 1. The van der Waals surface area contributed by atoms with Gasteiger partial charge in [-0.15, -0.1) is 22.0 Å². The highest BCUT2D eigenvalue weighted by Crippen LogP contribution is 2.27. The van der Waals surface area contributed by atoms with Gasteiger partial charge in [0.2, 0.25) is 5.13 Å². The zero-order valence-corrected chi connectivity index (χ0v) is 15.7. The van der Waals surface area contributed by atoms with Crippen molar-refractivity contribution < 1.29 is 4.79 Å². The molecule has 23 heavy (non-hydrogen) atoms. The molecule has 0 unspecified atom stereocenters. The summed E-state index contributed by atoms with van der Waals surface area (Å²) in [6, 6.07) is 7.68. The number of hydrogen-bond acceptors (Lipinski definition) is 5. The van der Waals surface area contributed by atoms with Gasteiger partial charge >= 0.3 is 0 Å². The van der Waals surface area contributed by atoms with Crippen LogP contribution in [-0.4, -0.2) is 21.9 Å². The molecular formula is C17H23N3OS2. The number of carbonyl (C=O) groups is 1. The molecule has 0 aliphatic heterocycles. The van der Waals surface area contributed by atoms with E-state index in [-0.39, 0.29) is 11.3 Å². The number of thioether (sulfide) groups is 1. The predicted octanol–water partition coefficient (Wildman–Crippen LogP) is 4.88. The van der Waals surface area contributed by atoms with Crippen LogP contribution in [0.25, 0.3) is 0 Å². The summed E-state index contributed by atoms with van der Waals surface area (Å²) < 4.78 is 0. The molecule has 1 N–H and O–H groups in total. The van der Waals surface area contributed by atoms with Crippen molar-refractivity contribution in [3.05, 3.63) is 34.8 Å². The Bertz CT molecular complexity index is 662. The van der Waals surface area contributed by atoms with E-state index in [4.69, 9.17) is 0 Å². The average molecular weight is 350 g/mol. The molecule has 0 spiro atoms. The van der Waals surface area contributed by atoms with Crippen LogP contribution in [0.4, 0.5) is 5.13 Å². The molecule has 0 atom stereocenters. The third-order valence-electron chi connectivity index (χ3n) is 2.96. The molecule has 1 aromatic heterocycles. The molecule has 0 saturated heterocycles. The number of hydrogen-bond donors (Lipinski definition) is 1. The Morgan fingerprint density at radius 1 is 1.26 bits per heavy atom. The summed E-state index contributed by atoms with van der Waals surface area (Å²) in [5.74, 6) is 0.876. The topological polar surface area (TPSA) is 54.9 Å². The van der Waals surface area contributed by atoms with Crippen molar-refractivity contribution in [2.75, 3.05) is 11.1 Å². The largest absolute Gasteiger partial charge is 0.296 e. The van der Waals surface area contributed by atoms with E-state index in [1.165, 1.54) is 11.3 Å². The van der Waals surface area contributed by atoms with Gasteiger partial charge in [0.05, 0.1) is 5.56 Å². The highest BCUT2D eigenvalue weighted by Gasteiger charge is 2.17. The van der Waals surface area contributed by atoms with Crippen molar-refractivity contribution in [3.8, 4) is 0 Å². The normalized spacial score (nSPS) is 11.5. The third kappa shape index (κ3) is 5.62. The lowest BCUT2D eigenvalue weighted by Gasteiger charge is -2.14. The Balaban J connectivity index is 2.08. The molecule has 0 aliphatic carbocycles. The Morgan fingerprint density at radius 3 is 2.70 bits per heavy atom. The maximum atomic E-state index is 12.5. The van der Waals surface area contributed by atoms with E-state index in [1.54, 1.807) is 11.8 Å². The van der Waals surface area contributed by atoms with Gasteiger partial charge in [0.25, 0.3) is 5.91 Å². The number of anilines is 1. The Morgan fingerprint density at radius 2 is 2.00 bits per heavy atom. The molecule has 6 heteroatoms. The monoisotopic (exact) mass is 349 g/mol. The van der Waals surface area contributed by atoms with Crippen molar-refractivity contribution >= 4 is 34.1 Å². The van der Waals surface area contributed by atoms with Gasteiger partial charge in [0.1, 0.15) is 5.01 Å². The lowest BCUT2D eigenvalue weighted by Crippen LogP contribution is -2.12. The van der Waals surface area contributed by atoms with Crippen LogP contribution in [0, 0.1) is 5.41 Å². The fourth-order valence-corrected chi connectivity index (χ4v) is 3.94. The van der Waals surface area contributed by atoms with E-state index >= 15 is 0 Å². The van der Waals surface area contributed by atoms with Gasteiger partial charge in [0.15, 0.2) is 0 Å². The smallest absolute Gasteiger partial charge is 0.258 e. The summed E-state index contributed by atoms with van der Waals surface area (Å²) in [5, 5.41) is 12.6. The molecule has 124 valence electrons. The molecule has 1 heterocycles. The highest BCUT2D eigenvalue weighted by atomic mass is 32.2. The summed E-state index contributed by atoms with van der Waals surface area (Å²) in [5.41, 5.74) is 0.850. The van der Waals surface area contributed by atoms with Gasteiger partial charge in [-0.3, -0.25) is 10.1 Å². The first-order valence-electron chi connectivity index (χ1n) is 7.74. The second kappa shape index (κ2) is 7.93. The maximum absolute atomic E-state index is 12.5. The van der Waals surface area contributed by atoms with E-state index in [2.05, 4.69) is 43.2 Å². The van der Waals surface area contributed by atoms with Crippen molar-refractivity contribution in [2.24, 2.45) is 5.41 Å². The molecule has 0 fully saturated rings. The third-order valence-corrected chi connectivity index (χ3v) is 5.08. The highest BCUT2D eigenvalue weighted by molar-refractivity contribution is 7.99. The number of carbonyl (C=O) groups excluding carboxylic acids is 1. The minimum atomic E-state index is -0.123. The van der Waals surface area contributed by atoms with E-state index in [0.29, 0.717) is 10.7 Å². The maximum Gasteiger partial charge on any atom is 0.258 e. The van der Waals surface area contributed by atoms with E-state index in [9.17, 15) is 4.79 Å². The summed E-state index contributed by atoms with van der Waals surface area (Å²) in [6.07, 6.45) is 1.93. The van der Waals surface area contributed by atoms with Crippen molar-refractivity contribution in [2.45, 2.75) is 45.4 Å². The summed E-state index contributed by atoms with van der Waals surface area (Å²) in [6.45, 7) is 8.61. The molecule has 1 amide bonds. The van der Waals surface area contributed by atoms with Gasteiger partial charge in [-0.1, -0.05) is 51.2 Å². The Hall–Kier alpha value is -1.40. The van der Waals surface area contributed by atoms with Crippen LogP contribution in [0.15, 0.2) is 29.2 Å². The number of nitrogens with one attached hydrogen (secondary N) is 1. The van der Waals surface area contributed by atoms with Gasteiger partial charge in [-0.25, -0.2) is 0 Å². The molecule has 0 saturated carbocycles. The van der Waals surface area contributed by atoms with Crippen LogP contribution < -0.4 is 5.32 Å². The number of amides is 1. The van der Waals surface area contributed by atoms with Crippen molar-refractivity contribution in [1.82, 2.24) is 10.2 Å². The first-order valence-corrected chi connectivity index (χ1v) is 9.55. The lowest BCUT2D eigenvalue weighted by molar-refractivity contribution is 0.102. The molecular weight excluding hydrogens is 326 g/mol. The second-order valence-corrected chi connectivity index (χ2v) is 8.74. The molecule has 4 nitrogen and oxygen atoms in total. The fourth-order valence-electron chi connectivity index (χ4n) is 1.99. The summed E-state index contributed by atoms with van der Waals surface area (Å²) in [7, 11) is 0. The van der Waals surface area contributed by atoms with Crippen LogP contribution in [0.2, 0.25) is 0 Å². The molecule has 0 bridgehead atoms. The Kier molecular flexibility index (Phi) is 6.18. The van der Waals surface area contributed by atoms with Crippen LogP contribution in [0.3, 0.4) is 0 Å². The predicted molar refractivity (Wildman–Crippen MR) is 98.5 cm³/mol. The quantitative estimate of drug-likeness (QED) is 0.755. The van der Waals surface area contributed by atoms with Crippen LogP contribution in [0.5, 0.6) is 0 Å². The van der Waals surface area contributed by atoms with Crippen LogP contribution in [0.1, 0.15) is 49.5 Å². The zero-order chi connectivity index (χ0) is 16.9. The number of aromatic nitrogens is 2. The molecule has 1 aromatic carbocycles. The van der Waals surface area contributed by atoms with Gasteiger partial charge in [-0.2, -0.15) is 0 Å². The Labute approximate surface area is 146 Å². The zero-order valence-electron chi connectivity index (χ0n) is 14.0. The van der Waals surface area contributed by atoms with Crippen LogP contribution in [-0.2, 0) is 6.42 Å². The molecule has 2 aromatic rings. The minimum Gasteiger partial charge on any atom is -0.296 e. The number of nitrogens with zero attached hydrogens (tertiary/aromatic N) is 2. The summed E-state index contributed by atoms with van der Waals surface area (Å²) in [4.78, 5) is 13.5. The standard InChI is InChI=1S/C17H23N3OS2/c1-5-10-22-13-9-7-6-8-12(13)15(21)18-16-20-19-14(23-16)11-17(2,3)4/h6-9H,5,10-11H2,1-4H3,(H,18,20,21). The molecule has 0 aliphatic rings. The first kappa shape index (κ1) is 17.9. The molecule has 2 rings (SSSR count). The van der Waals surface area contributed by atoms with E-state index in [0.717, 1.165) is 28.5 Å². The van der Waals surface area contributed by atoms with E-state index in [1.807, 2.05) is 24.3 Å². The lowest BCUT2D eigenvalue weighted by atomic mass is 9.93. The van der Waals surface area contributed by atoms with Gasteiger partial charge in [0, 0.05) is 11.3 Å². The second-order valence-electron chi connectivity index (χ2n) is 6.54. The van der Waals surface area contributed by atoms with Gasteiger partial charge in [-0.05, 0) is 29.7 Å². The van der Waals surface area contributed by atoms with Crippen molar-refractivity contribution in [1.29, 1.82) is 0 Å². The van der Waals surface area contributed by atoms with Gasteiger partial charge < -0.3 is 0 Å². The van der Waals surface area contributed by atoms with Crippen LogP contribution >= 0.6 is 23.1 Å². The SMILES string of the molecule is CCCSc1ccccc1C(=O)Nc1nnc(CC(C)(C)C)s1. The molecule has 0 radical (unpaired) electrons.